The average molecular weight is 534 g/mol. The number of nitrogens with one attached hydrogen (secondary N) is 1. The van der Waals surface area contributed by atoms with Crippen LogP contribution in [0.3, 0.4) is 0 Å². The molecule has 33 heavy (non-hydrogen) atoms. The number of carbonyl (C=O) groups excluding carboxylic acids is 2. The Bertz CT molecular complexity index is 1150. The lowest BCUT2D eigenvalue weighted by Crippen LogP contribution is -2.45. The lowest BCUT2D eigenvalue weighted by Gasteiger charge is -2.32. The summed E-state index contributed by atoms with van der Waals surface area (Å²) in [5.74, 6) is -0.642. The third kappa shape index (κ3) is 5.00. The van der Waals surface area contributed by atoms with Gasteiger partial charge in [-0.25, -0.2) is 8.42 Å². The van der Waals surface area contributed by atoms with Crippen molar-refractivity contribution in [1.29, 1.82) is 0 Å². The molecule has 1 atom stereocenters. The van der Waals surface area contributed by atoms with Gasteiger partial charge in [0, 0.05) is 37.1 Å². The largest absolute Gasteiger partial charge is 0.352 e. The molecule has 2 amide bonds. The molecular weight excluding hydrogens is 506 g/mol. The van der Waals surface area contributed by atoms with Crippen LogP contribution in [0.2, 0.25) is 0 Å². The predicted molar refractivity (Wildman–Crippen MR) is 130 cm³/mol. The van der Waals surface area contributed by atoms with E-state index in [2.05, 4.69) is 21.2 Å². The molecule has 0 bridgehead atoms. The number of fused-ring (bicyclic) bond motifs is 1. The highest BCUT2D eigenvalue weighted by molar-refractivity contribution is 9.10. The number of halogens is 1. The Morgan fingerprint density at radius 2 is 1.91 bits per heavy atom. The highest BCUT2D eigenvalue weighted by atomic mass is 79.9. The first-order chi connectivity index (χ1) is 15.8. The van der Waals surface area contributed by atoms with Crippen molar-refractivity contribution in [3.8, 4) is 0 Å². The number of hydrogen-bond donors (Lipinski definition) is 1. The first-order valence-electron chi connectivity index (χ1n) is 11.3. The Kier molecular flexibility index (Phi) is 7.21. The Hall–Kier alpha value is -2.23. The summed E-state index contributed by atoms with van der Waals surface area (Å²) in [6, 6.07) is 13.1. The third-order valence-corrected chi connectivity index (χ3v) is 8.62. The van der Waals surface area contributed by atoms with Crippen LogP contribution in [0.5, 0.6) is 0 Å². The van der Waals surface area contributed by atoms with E-state index >= 15 is 0 Å². The zero-order valence-corrected chi connectivity index (χ0v) is 21.0. The number of sulfonamides is 1. The molecule has 0 aliphatic carbocycles. The van der Waals surface area contributed by atoms with Crippen LogP contribution in [-0.4, -0.2) is 44.2 Å². The van der Waals surface area contributed by atoms with Crippen molar-refractivity contribution < 1.29 is 18.0 Å². The lowest BCUT2D eigenvalue weighted by atomic mass is 9.99. The van der Waals surface area contributed by atoms with Crippen LogP contribution in [0, 0.1) is 5.92 Å². The maximum absolute atomic E-state index is 13.7. The number of hydrogen-bond acceptors (Lipinski definition) is 4. The van der Waals surface area contributed by atoms with Gasteiger partial charge in [-0.3, -0.25) is 9.59 Å². The molecule has 0 aromatic heterocycles. The van der Waals surface area contributed by atoms with Gasteiger partial charge >= 0.3 is 0 Å². The van der Waals surface area contributed by atoms with E-state index in [1.165, 1.54) is 4.31 Å². The van der Waals surface area contributed by atoms with Crippen LogP contribution in [0.15, 0.2) is 51.8 Å². The van der Waals surface area contributed by atoms with Crippen molar-refractivity contribution in [2.45, 2.75) is 44.0 Å². The molecule has 2 heterocycles. The van der Waals surface area contributed by atoms with Crippen molar-refractivity contribution in [3.05, 3.63) is 58.1 Å². The standard InChI is InChI=1S/C24H28BrN3O4S/c1-2-22(29)28-12-10-18-13-20(25)14-21(23(18)28)33(31,32)27-11-6-9-19(16-27)24(30)26-15-17-7-4-3-5-8-17/h3-5,7-8,13-14,19H,2,6,9-12,15-16H2,1H3,(H,26,30). The molecule has 1 N–H and O–H groups in total. The minimum atomic E-state index is -3.89. The minimum absolute atomic E-state index is 0.0932. The first kappa shape index (κ1) is 23.9. The van der Waals surface area contributed by atoms with Crippen molar-refractivity contribution in [2.75, 3.05) is 24.5 Å². The summed E-state index contributed by atoms with van der Waals surface area (Å²) in [4.78, 5) is 27.0. The second-order valence-corrected chi connectivity index (χ2v) is 11.3. The lowest BCUT2D eigenvalue weighted by molar-refractivity contribution is -0.126. The van der Waals surface area contributed by atoms with Crippen LogP contribution in [-0.2, 0) is 32.6 Å². The van der Waals surface area contributed by atoms with Crippen LogP contribution in [0.4, 0.5) is 5.69 Å². The number of benzene rings is 2. The maximum Gasteiger partial charge on any atom is 0.245 e. The van der Waals surface area contributed by atoms with Gasteiger partial charge in [-0.15, -0.1) is 0 Å². The van der Waals surface area contributed by atoms with Crippen molar-refractivity contribution in [1.82, 2.24) is 9.62 Å². The molecule has 1 fully saturated rings. The van der Waals surface area contributed by atoms with Gasteiger partial charge in [0.25, 0.3) is 0 Å². The number of amides is 2. The second kappa shape index (κ2) is 9.95. The average Bonchev–Trinajstić information content (AvgIpc) is 3.25. The van der Waals surface area contributed by atoms with E-state index in [9.17, 15) is 18.0 Å². The number of piperidine rings is 1. The van der Waals surface area contributed by atoms with E-state index in [1.54, 1.807) is 17.9 Å². The molecule has 2 aromatic rings. The van der Waals surface area contributed by atoms with E-state index in [-0.39, 0.29) is 23.3 Å². The zero-order chi connectivity index (χ0) is 23.6. The Morgan fingerprint density at radius 3 is 2.64 bits per heavy atom. The third-order valence-electron chi connectivity index (χ3n) is 6.28. The molecule has 1 unspecified atom stereocenters. The number of carbonyl (C=O) groups is 2. The molecule has 4 rings (SSSR count). The van der Waals surface area contributed by atoms with Crippen molar-refractivity contribution >= 4 is 43.5 Å². The molecule has 2 aromatic carbocycles. The molecule has 0 saturated carbocycles. The SMILES string of the molecule is CCC(=O)N1CCc2cc(Br)cc(S(=O)(=O)N3CCCC(C(=O)NCc4ccccc4)C3)c21. The summed E-state index contributed by atoms with van der Waals surface area (Å²) in [6.45, 7) is 3.15. The molecule has 176 valence electrons. The number of nitrogens with zero attached hydrogens (tertiary/aromatic N) is 2. The van der Waals surface area contributed by atoms with Crippen LogP contribution < -0.4 is 10.2 Å². The fraction of sp³-hybridized carbons (Fsp3) is 0.417. The van der Waals surface area contributed by atoms with Crippen molar-refractivity contribution in [2.24, 2.45) is 5.92 Å². The first-order valence-corrected chi connectivity index (χ1v) is 13.5. The van der Waals surface area contributed by atoms with E-state index in [1.807, 2.05) is 36.4 Å². The molecule has 2 aliphatic rings. The number of rotatable bonds is 6. The summed E-state index contributed by atoms with van der Waals surface area (Å²) < 4.78 is 29.5. The molecular formula is C24H28BrN3O4S. The Labute approximate surface area is 203 Å². The molecule has 0 radical (unpaired) electrons. The van der Waals surface area contributed by atoms with Gasteiger partial charge in [0.15, 0.2) is 0 Å². The van der Waals surface area contributed by atoms with E-state index in [0.29, 0.717) is 55.5 Å². The minimum Gasteiger partial charge on any atom is -0.352 e. The van der Waals surface area contributed by atoms with Gasteiger partial charge < -0.3 is 10.2 Å². The van der Waals surface area contributed by atoms with Gasteiger partial charge in [-0.1, -0.05) is 53.2 Å². The quantitative estimate of drug-likeness (QED) is 0.615. The van der Waals surface area contributed by atoms with Crippen molar-refractivity contribution in [3.63, 3.8) is 0 Å². The maximum atomic E-state index is 13.7. The van der Waals surface area contributed by atoms with E-state index in [0.717, 1.165) is 11.1 Å². The molecule has 9 heteroatoms. The highest BCUT2D eigenvalue weighted by Gasteiger charge is 2.38. The van der Waals surface area contributed by atoms with E-state index < -0.39 is 15.9 Å². The van der Waals surface area contributed by atoms with Crippen LogP contribution in [0.25, 0.3) is 0 Å². The van der Waals surface area contributed by atoms with Gasteiger partial charge in [0.2, 0.25) is 21.8 Å². The summed E-state index contributed by atoms with van der Waals surface area (Å²) in [5, 5.41) is 2.94. The van der Waals surface area contributed by atoms with Crippen LogP contribution in [0.1, 0.15) is 37.3 Å². The summed E-state index contributed by atoms with van der Waals surface area (Å²) in [5.41, 5.74) is 2.33. The van der Waals surface area contributed by atoms with Gasteiger partial charge in [0.05, 0.1) is 11.6 Å². The summed E-state index contributed by atoms with van der Waals surface area (Å²) >= 11 is 3.43. The predicted octanol–water partition coefficient (Wildman–Crippen LogP) is 3.47. The second-order valence-electron chi connectivity index (χ2n) is 8.47. The summed E-state index contributed by atoms with van der Waals surface area (Å²) in [6.07, 6.45) is 2.18. The zero-order valence-electron chi connectivity index (χ0n) is 18.6. The number of anilines is 1. The molecule has 2 aliphatic heterocycles. The van der Waals surface area contributed by atoms with Crippen LogP contribution >= 0.6 is 15.9 Å². The van der Waals surface area contributed by atoms with E-state index in [4.69, 9.17) is 0 Å². The topological polar surface area (TPSA) is 86.8 Å². The Balaban J connectivity index is 1.55. The molecule has 1 saturated heterocycles. The molecule has 0 spiro atoms. The van der Waals surface area contributed by atoms with Gasteiger partial charge in [-0.2, -0.15) is 4.31 Å². The molecule has 7 nitrogen and oxygen atoms in total. The smallest absolute Gasteiger partial charge is 0.245 e. The summed E-state index contributed by atoms with van der Waals surface area (Å²) in [7, 11) is -3.89. The fourth-order valence-electron chi connectivity index (χ4n) is 4.55. The normalized spacial score (nSPS) is 18.7. The van der Waals surface area contributed by atoms with Gasteiger partial charge in [0.1, 0.15) is 4.90 Å². The Morgan fingerprint density at radius 1 is 1.15 bits per heavy atom. The monoisotopic (exact) mass is 533 g/mol. The highest BCUT2D eigenvalue weighted by Crippen LogP contribution is 2.39. The van der Waals surface area contributed by atoms with Gasteiger partial charge in [-0.05, 0) is 42.5 Å². The fourth-order valence-corrected chi connectivity index (χ4v) is 6.99.